The molecule has 0 bridgehead atoms. The van der Waals surface area contributed by atoms with Crippen LogP contribution in [-0.4, -0.2) is 49.8 Å². The van der Waals surface area contributed by atoms with Crippen molar-refractivity contribution in [1.29, 1.82) is 0 Å². The van der Waals surface area contributed by atoms with Crippen LogP contribution in [0.3, 0.4) is 0 Å². The van der Waals surface area contributed by atoms with Crippen molar-refractivity contribution >= 4 is 17.7 Å². The third kappa shape index (κ3) is 3.90. The van der Waals surface area contributed by atoms with E-state index in [1.807, 2.05) is 12.1 Å². The first-order valence-corrected chi connectivity index (χ1v) is 8.19. The molecule has 2 rings (SSSR count). The molecule has 1 saturated heterocycles. The van der Waals surface area contributed by atoms with Gasteiger partial charge in [0.15, 0.2) is 0 Å². The van der Waals surface area contributed by atoms with Gasteiger partial charge in [-0.25, -0.2) is 0 Å². The fourth-order valence-corrected chi connectivity index (χ4v) is 2.92. The van der Waals surface area contributed by atoms with Crippen LogP contribution >= 0.6 is 11.8 Å². The maximum atomic E-state index is 11.7. The molecule has 110 valence electrons. The molecule has 1 fully saturated rings. The first-order chi connectivity index (χ1) is 9.74. The Balaban J connectivity index is 1.78. The van der Waals surface area contributed by atoms with Crippen LogP contribution in [0.2, 0.25) is 0 Å². The highest BCUT2D eigenvalue weighted by molar-refractivity contribution is 7.98. The first kappa shape index (κ1) is 15.2. The lowest BCUT2D eigenvalue weighted by molar-refractivity contribution is -0.125. The number of nitrogens with one attached hydrogen (secondary N) is 1. The molecule has 1 aromatic rings. The van der Waals surface area contributed by atoms with E-state index in [1.54, 1.807) is 18.8 Å². The number of amides is 1. The maximum Gasteiger partial charge on any atom is 0.237 e. The Morgan fingerprint density at radius 1 is 1.45 bits per heavy atom. The minimum absolute atomic E-state index is 0.0162. The SMILES string of the molecule is CNC(=O)[C@@H]1CCCN1CCOc1ccc(SC)cc1. The fourth-order valence-electron chi connectivity index (χ4n) is 2.51. The van der Waals surface area contributed by atoms with E-state index in [0.29, 0.717) is 6.61 Å². The van der Waals surface area contributed by atoms with E-state index in [2.05, 4.69) is 28.6 Å². The van der Waals surface area contributed by atoms with Gasteiger partial charge in [0.1, 0.15) is 12.4 Å². The topological polar surface area (TPSA) is 41.6 Å². The number of rotatable bonds is 6. The molecule has 0 saturated carbocycles. The van der Waals surface area contributed by atoms with Crippen molar-refractivity contribution < 1.29 is 9.53 Å². The van der Waals surface area contributed by atoms with Gasteiger partial charge in [-0.3, -0.25) is 9.69 Å². The average Bonchev–Trinajstić information content (AvgIpc) is 2.95. The van der Waals surface area contributed by atoms with Crippen molar-refractivity contribution in [3.05, 3.63) is 24.3 Å². The van der Waals surface area contributed by atoms with Gasteiger partial charge in [-0.1, -0.05) is 0 Å². The number of ether oxygens (including phenoxy) is 1. The number of hydrogen-bond acceptors (Lipinski definition) is 4. The summed E-state index contributed by atoms with van der Waals surface area (Å²) in [6.45, 7) is 2.39. The van der Waals surface area contributed by atoms with Crippen LogP contribution < -0.4 is 10.1 Å². The molecule has 1 aliphatic rings. The van der Waals surface area contributed by atoms with E-state index in [4.69, 9.17) is 4.74 Å². The Kier molecular flexibility index (Phi) is 5.73. The monoisotopic (exact) mass is 294 g/mol. The molecule has 1 atom stereocenters. The molecule has 1 aromatic carbocycles. The summed E-state index contributed by atoms with van der Waals surface area (Å²) in [4.78, 5) is 15.2. The number of likely N-dealkylation sites (tertiary alicyclic amines) is 1. The van der Waals surface area contributed by atoms with Crippen molar-refractivity contribution in [2.45, 2.75) is 23.8 Å². The zero-order valence-corrected chi connectivity index (χ0v) is 12.9. The van der Waals surface area contributed by atoms with Crippen molar-refractivity contribution in [2.75, 3.05) is 33.0 Å². The second-order valence-electron chi connectivity index (χ2n) is 4.83. The third-order valence-electron chi connectivity index (χ3n) is 3.62. The fraction of sp³-hybridized carbons (Fsp3) is 0.533. The van der Waals surface area contributed by atoms with Gasteiger partial charge in [-0.05, 0) is 49.9 Å². The zero-order valence-electron chi connectivity index (χ0n) is 12.1. The van der Waals surface area contributed by atoms with Crippen LogP contribution in [0.4, 0.5) is 0 Å². The Labute approximate surface area is 124 Å². The second kappa shape index (κ2) is 7.55. The summed E-state index contributed by atoms with van der Waals surface area (Å²) in [5.41, 5.74) is 0. The molecule has 1 heterocycles. The van der Waals surface area contributed by atoms with Crippen molar-refractivity contribution in [3.8, 4) is 5.75 Å². The molecule has 20 heavy (non-hydrogen) atoms. The zero-order chi connectivity index (χ0) is 14.4. The maximum absolute atomic E-state index is 11.7. The molecule has 0 radical (unpaired) electrons. The quantitative estimate of drug-likeness (QED) is 0.815. The van der Waals surface area contributed by atoms with Crippen LogP contribution in [0.1, 0.15) is 12.8 Å². The van der Waals surface area contributed by atoms with Gasteiger partial charge in [0.2, 0.25) is 5.91 Å². The summed E-state index contributed by atoms with van der Waals surface area (Å²) in [7, 11) is 1.70. The number of nitrogens with zero attached hydrogens (tertiary/aromatic N) is 1. The second-order valence-corrected chi connectivity index (χ2v) is 5.71. The molecule has 1 N–H and O–H groups in total. The summed E-state index contributed by atoms with van der Waals surface area (Å²) in [6, 6.07) is 8.12. The standard InChI is InChI=1S/C15H22N2O2S/c1-16-15(18)14-4-3-9-17(14)10-11-19-12-5-7-13(20-2)8-6-12/h5-8,14H,3-4,9-11H2,1-2H3,(H,16,18)/t14-/m0/s1. The highest BCUT2D eigenvalue weighted by atomic mass is 32.2. The Hall–Kier alpha value is -1.20. The van der Waals surface area contributed by atoms with E-state index in [9.17, 15) is 4.79 Å². The van der Waals surface area contributed by atoms with E-state index in [0.717, 1.165) is 31.7 Å². The molecule has 5 heteroatoms. The predicted octanol–water partition coefficient (Wildman–Crippen LogP) is 2.00. The smallest absolute Gasteiger partial charge is 0.237 e. The van der Waals surface area contributed by atoms with Gasteiger partial charge in [0.25, 0.3) is 0 Å². The summed E-state index contributed by atoms with van der Waals surface area (Å²) in [5, 5.41) is 2.73. The van der Waals surface area contributed by atoms with Crippen LogP contribution in [-0.2, 0) is 4.79 Å². The number of likely N-dealkylation sites (N-methyl/N-ethyl adjacent to an activating group) is 1. The molecular weight excluding hydrogens is 272 g/mol. The van der Waals surface area contributed by atoms with Crippen LogP contribution in [0.25, 0.3) is 0 Å². The summed E-state index contributed by atoms with van der Waals surface area (Å²) in [6.07, 6.45) is 4.09. The molecule has 1 amide bonds. The van der Waals surface area contributed by atoms with Gasteiger partial charge in [0.05, 0.1) is 6.04 Å². The summed E-state index contributed by atoms with van der Waals surface area (Å²) < 4.78 is 5.75. The van der Waals surface area contributed by atoms with Gasteiger partial charge in [-0.15, -0.1) is 11.8 Å². The third-order valence-corrected chi connectivity index (χ3v) is 4.36. The lowest BCUT2D eigenvalue weighted by Crippen LogP contribution is -2.43. The van der Waals surface area contributed by atoms with Gasteiger partial charge in [-0.2, -0.15) is 0 Å². The number of benzene rings is 1. The van der Waals surface area contributed by atoms with E-state index in [1.165, 1.54) is 4.90 Å². The first-order valence-electron chi connectivity index (χ1n) is 6.97. The van der Waals surface area contributed by atoms with E-state index < -0.39 is 0 Å². The van der Waals surface area contributed by atoms with Crippen molar-refractivity contribution in [2.24, 2.45) is 0 Å². The Bertz CT molecular complexity index is 436. The highest BCUT2D eigenvalue weighted by Crippen LogP contribution is 2.20. The molecule has 0 unspecified atom stereocenters. The van der Waals surface area contributed by atoms with Gasteiger partial charge in [0, 0.05) is 18.5 Å². The summed E-state index contributed by atoms with van der Waals surface area (Å²) >= 11 is 1.72. The highest BCUT2D eigenvalue weighted by Gasteiger charge is 2.29. The lowest BCUT2D eigenvalue weighted by Gasteiger charge is -2.22. The molecule has 0 spiro atoms. The van der Waals surface area contributed by atoms with E-state index >= 15 is 0 Å². The molecule has 1 aliphatic heterocycles. The number of carbonyl (C=O) groups excluding carboxylic acids is 1. The summed E-state index contributed by atoms with van der Waals surface area (Å²) in [5.74, 6) is 1.00. The number of thioether (sulfide) groups is 1. The van der Waals surface area contributed by atoms with Crippen molar-refractivity contribution in [1.82, 2.24) is 10.2 Å². The predicted molar refractivity (Wildman–Crippen MR) is 82.4 cm³/mol. The van der Waals surface area contributed by atoms with Crippen LogP contribution in [0.5, 0.6) is 5.75 Å². The number of carbonyl (C=O) groups is 1. The molecule has 0 aliphatic carbocycles. The van der Waals surface area contributed by atoms with Gasteiger partial charge < -0.3 is 10.1 Å². The largest absolute Gasteiger partial charge is 0.492 e. The lowest BCUT2D eigenvalue weighted by atomic mass is 10.2. The van der Waals surface area contributed by atoms with Gasteiger partial charge >= 0.3 is 0 Å². The Morgan fingerprint density at radius 2 is 2.20 bits per heavy atom. The number of hydrogen-bond donors (Lipinski definition) is 1. The molecular formula is C15H22N2O2S. The molecule has 4 nitrogen and oxygen atoms in total. The van der Waals surface area contributed by atoms with Crippen molar-refractivity contribution in [3.63, 3.8) is 0 Å². The minimum Gasteiger partial charge on any atom is -0.492 e. The molecule has 0 aromatic heterocycles. The van der Waals surface area contributed by atoms with Crippen LogP contribution in [0.15, 0.2) is 29.2 Å². The normalized spacial score (nSPS) is 19.0. The van der Waals surface area contributed by atoms with Crippen LogP contribution in [0, 0.1) is 0 Å². The minimum atomic E-state index is 0.0162. The average molecular weight is 294 g/mol. The Morgan fingerprint density at radius 3 is 2.85 bits per heavy atom. The van der Waals surface area contributed by atoms with E-state index in [-0.39, 0.29) is 11.9 Å².